The molecule has 1 aliphatic rings. The van der Waals surface area contributed by atoms with Crippen molar-refractivity contribution in [3.05, 3.63) is 24.3 Å². The number of carbonyl (C=O) groups is 3. The molecular formula is C20H29N3O6S. The Morgan fingerprint density at radius 1 is 1.20 bits per heavy atom. The summed E-state index contributed by atoms with van der Waals surface area (Å²) in [7, 11) is -2.68. The summed E-state index contributed by atoms with van der Waals surface area (Å²) < 4.78 is 31.3. The third-order valence-electron chi connectivity index (χ3n) is 4.99. The molecule has 1 N–H and O–H groups in total. The average Bonchev–Trinajstić information content (AvgIpc) is 2.67. The molecule has 0 spiro atoms. The van der Waals surface area contributed by atoms with Gasteiger partial charge in [0.1, 0.15) is 6.54 Å². The summed E-state index contributed by atoms with van der Waals surface area (Å²) in [6.07, 6.45) is 0.848. The van der Waals surface area contributed by atoms with Crippen LogP contribution in [-0.4, -0.2) is 68.2 Å². The number of ether oxygens (including phenoxy) is 1. The van der Waals surface area contributed by atoms with E-state index in [2.05, 4.69) is 12.2 Å². The average molecular weight is 440 g/mol. The smallest absolute Gasteiger partial charge is 0.322 e. The van der Waals surface area contributed by atoms with Crippen LogP contribution in [-0.2, 0) is 29.1 Å². The predicted octanol–water partition coefficient (Wildman–Crippen LogP) is 1.46. The van der Waals surface area contributed by atoms with Gasteiger partial charge in [-0.1, -0.05) is 6.92 Å². The molecule has 1 aliphatic heterocycles. The van der Waals surface area contributed by atoms with Crippen molar-refractivity contribution in [1.82, 2.24) is 9.21 Å². The molecule has 1 heterocycles. The summed E-state index contributed by atoms with van der Waals surface area (Å²) in [6, 6.07) is 5.60. The zero-order valence-corrected chi connectivity index (χ0v) is 18.6. The summed E-state index contributed by atoms with van der Waals surface area (Å²) in [5.74, 6) is -0.775. The van der Waals surface area contributed by atoms with Gasteiger partial charge in [-0.2, -0.15) is 4.31 Å². The van der Waals surface area contributed by atoms with E-state index in [4.69, 9.17) is 4.74 Å². The minimum absolute atomic E-state index is 0.0292. The van der Waals surface area contributed by atoms with Crippen LogP contribution in [0.4, 0.5) is 5.69 Å². The minimum atomic E-state index is -3.94. The maximum absolute atomic E-state index is 12.7. The number of hydrogen-bond acceptors (Lipinski definition) is 6. The lowest BCUT2D eigenvalue weighted by Gasteiger charge is -2.32. The van der Waals surface area contributed by atoms with E-state index in [1.54, 1.807) is 4.90 Å². The van der Waals surface area contributed by atoms with E-state index in [0.29, 0.717) is 24.7 Å². The molecule has 1 aromatic rings. The second-order valence-electron chi connectivity index (χ2n) is 7.61. The van der Waals surface area contributed by atoms with Crippen LogP contribution in [0.25, 0.3) is 0 Å². The second-order valence-corrected chi connectivity index (χ2v) is 9.65. The molecule has 0 bridgehead atoms. The van der Waals surface area contributed by atoms with Crippen LogP contribution >= 0.6 is 0 Å². The Morgan fingerprint density at radius 3 is 2.30 bits per heavy atom. The standard InChI is InChI=1S/C20H29N3O6S/c1-14-9-11-23(12-10-14)20(26)15(2)29-19(25)13-22(4)30(27,28)18-7-5-17(6-8-18)21-16(3)24/h5-8,14-15H,9-13H2,1-4H3,(H,21,24)/t15-/m0/s1. The highest BCUT2D eigenvalue weighted by Crippen LogP contribution is 2.19. The Balaban J connectivity index is 1.93. The molecule has 0 unspecified atom stereocenters. The summed E-state index contributed by atoms with van der Waals surface area (Å²) in [4.78, 5) is 37.4. The molecule has 0 radical (unpaired) electrons. The number of carbonyl (C=O) groups excluding carboxylic acids is 3. The van der Waals surface area contributed by atoms with Crippen LogP contribution in [0.3, 0.4) is 0 Å². The Hall–Kier alpha value is -2.46. The molecule has 30 heavy (non-hydrogen) atoms. The van der Waals surface area contributed by atoms with Crippen molar-refractivity contribution in [2.24, 2.45) is 5.92 Å². The van der Waals surface area contributed by atoms with Crippen LogP contribution in [0.1, 0.15) is 33.6 Å². The molecule has 2 amide bonds. The molecular weight excluding hydrogens is 410 g/mol. The quantitative estimate of drug-likeness (QED) is 0.644. The van der Waals surface area contributed by atoms with E-state index < -0.39 is 28.6 Å². The van der Waals surface area contributed by atoms with Gasteiger partial charge in [0.25, 0.3) is 5.91 Å². The first kappa shape index (κ1) is 23.8. The molecule has 0 aliphatic carbocycles. The predicted molar refractivity (Wildman–Crippen MR) is 111 cm³/mol. The summed E-state index contributed by atoms with van der Waals surface area (Å²) >= 11 is 0. The highest BCUT2D eigenvalue weighted by atomic mass is 32.2. The molecule has 1 saturated heterocycles. The highest BCUT2D eigenvalue weighted by Gasteiger charge is 2.29. The van der Waals surface area contributed by atoms with Crippen molar-refractivity contribution >= 4 is 33.5 Å². The van der Waals surface area contributed by atoms with Gasteiger partial charge >= 0.3 is 5.97 Å². The molecule has 9 nitrogen and oxygen atoms in total. The van der Waals surface area contributed by atoms with E-state index in [0.717, 1.165) is 17.1 Å². The van der Waals surface area contributed by atoms with Gasteiger partial charge in [0.2, 0.25) is 15.9 Å². The van der Waals surface area contributed by atoms with E-state index in [1.165, 1.54) is 45.2 Å². The molecule has 1 aromatic carbocycles. The number of sulfonamides is 1. The number of likely N-dealkylation sites (tertiary alicyclic amines) is 1. The van der Waals surface area contributed by atoms with Crippen LogP contribution < -0.4 is 5.32 Å². The van der Waals surface area contributed by atoms with Crippen molar-refractivity contribution in [1.29, 1.82) is 0 Å². The molecule has 1 atom stereocenters. The second kappa shape index (κ2) is 10.0. The fourth-order valence-electron chi connectivity index (χ4n) is 3.13. The number of nitrogens with zero attached hydrogens (tertiary/aromatic N) is 2. The van der Waals surface area contributed by atoms with Crippen molar-refractivity contribution in [3.63, 3.8) is 0 Å². The molecule has 2 rings (SSSR count). The van der Waals surface area contributed by atoms with Gasteiger partial charge in [-0.25, -0.2) is 8.42 Å². The lowest BCUT2D eigenvalue weighted by atomic mass is 9.99. The van der Waals surface area contributed by atoms with Gasteiger partial charge in [0.05, 0.1) is 4.90 Å². The third kappa shape index (κ3) is 6.27. The molecule has 1 fully saturated rings. The molecule has 10 heteroatoms. The van der Waals surface area contributed by atoms with Gasteiger partial charge in [-0.3, -0.25) is 14.4 Å². The van der Waals surface area contributed by atoms with Crippen molar-refractivity contribution < 1.29 is 27.5 Å². The van der Waals surface area contributed by atoms with Gasteiger partial charge in [0.15, 0.2) is 6.10 Å². The van der Waals surface area contributed by atoms with Crippen LogP contribution in [0.15, 0.2) is 29.2 Å². The highest BCUT2D eigenvalue weighted by molar-refractivity contribution is 7.89. The Morgan fingerprint density at radius 2 is 1.77 bits per heavy atom. The van der Waals surface area contributed by atoms with E-state index in [9.17, 15) is 22.8 Å². The number of nitrogens with one attached hydrogen (secondary N) is 1. The first-order chi connectivity index (χ1) is 14.0. The number of likely N-dealkylation sites (N-methyl/N-ethyl adjacent to an activating group) is 1. The summed E-state index contributed by atoms with van der Waals surface area (Å²) in [6.45, 7) is 5.71. The van der Waals surface area contributed by atoms with Crippen molar-refractivity contribution in [3.8, 4) is 0 Å². The normalized spacial score (nSPS) is 16.2. The molecule has 0 saturated carbocycles. The largest absolute Gasteiger partial charge is 0.452 e. The third-order valence-corrected chi connectivity index (χ3v) is 6.80. The Bertz CT molecular complexity index is 876. The van der Waals surface area contributed by atoms with Gasteiger partial charge < -0.3 is 15.0 Å². The van der Waals surface area contributed by atoms with E-state index >= 15 is 0 Å². The van der Waals surface area contributed by atoms with Crippen LogP contribution in [0, 0.1) is 5.92 Å². The number of rotatable bonds is 7. The Labute approximate surface area is 177 Å². The molecule has 0 aromatic heterocycles. The topological polar surface area (TPSA) is 113 Å². The van der Waals surface area contributed by atoms with Crippen LogP contribution in [0.2, 0.25) is 0 Å². The number of amides is 2. The van der Waals surface area contributed by atoms with Gasteiger partial charge in [-0.15, -0.1) is 0 Å². The fourth-order valence-corrected chi connectivity index (χ4v) is 4.25. The van der Waals surface area contributed by atoms with Gasteiger partial charge in [0, 0.05) is 32.7 Å². The maximum Gasteiger partial charge on any atom is 0.322 e. The number of hydrogen-bond donors (Lipinski definition) is 1. The SMILES string of the molecule is CC(=O)Nc1ccc(S(=O)(=O)N(C)CC(=O)O[C@@H](C)C(=O)N2CCC(C)CC2)cc1. The summed E-state index contributed by atoms with van der Waals surface area (Å²) in [5.41, 5.74) is 0.461. The maximum atomic E-state index is 12.7. The summed E-state index contributed by atoms with van der Waals surface area (Å²) in [5, 5.41) is 2.55. The molecule has 166 valence electrons. The van der Waals surface area contributed by atoms with Crippen molar-refractivity contribution in [2.45, 2.75) is 44.6 Å². The zero-order chi connectivity index (χ0) is 22.5. The number of anilines is 1. The fraction of sp³-hybridized carbons (Fsp3) is 0.550. The van der Waals surface area contributed by atoms with Crippen LogP contribution in [0.5, 0.6) is 0 Å². The first-order valence-corrected chi connectivity index (χ1v) is 11.3. The number of piperidine rings is 1. The number of benzene rings is 1. The van der Waals surface area contributed by atoms with E-state index in [1.807, 2.05) is 0 Å². The van der Waals surface area contributed by atoms with Gasteiger partial charge in [-0.05, 0) is 49.9 Å². The van der Waals surface area contributed by atoms with E-state index in [-0.39, 0.29) is 16.7 Å². The lowest BCUT2D eigenvalue weighted by Crippen LogP contribution is -2.45. The zero-order valence-electron chi connectivity index (χ0n) is 17.8. The Kier molecular flexibility index (Phi) is 7.96. The monoisotopic (exact) mass is 439 g/mol. The number of esters is 1. The minimum Gasteiger partial charge on any atom is -0.452 e. The van der Waals surface area contributed by atoms with Crippen molar-refractivity contribution in [2.75, 3.05) is 32.0 Å². The lowest BCUT2D eigenvalue weighted by molar-refractivity contribution is -0.159. The first-order valence-electron chi connectivity index (χ1n) is 9.83.